The Kier molecular flexibility index (Phi) is 7.93. The lowest BCUT2D eigenvalue weighted by Crippen LogP contribution is -2.63. The van der Waals surface area contributed by atoms with Gasteiger partial charge in [-0.1, -0.05) is 18.2 Å². The molecule has 1 aliphatic rings. The second-order valence-electron chi connectivity index (χ2n) is 6.60. The van der Waals surface area contributed by atoms with Gasteiger partial charge in [0.05, 0.1) is 10.6 Å². The minimum Gasteiger partial charge on any atom is -0.456 e. The number of benzene rings is 1. The Morgan fingerprint density at radius 1 is 0.867 bits per heavy atom. The highest BCUT2D eigenvalue weighted by atomic mass is 32.2. The van der Waals surface area contributed by atoms with Crippen LogP contribution in [0.1, 0.15) is 20.8 Å². The van der Waals surface area contributed by atoms with Crippen LogP contribution in [0.25, 0.3) is 0 Å². The molecule has 0 saturated carbocycles. The Morgan fingerprint density at radius 3 is 1.87 bits per heavy atom. The molecule has 166 valence electrons. The number of methoxy groups -OCH3 is 1. The van der Waals surface area contributed by atoms with E-state index in [0.717, 1.165) is 20.8 Å². The molecule has 1 fully saturated rings. The summed E-state index contributed by atoms with van der Waals surface area (Å²) in [4.78, 5) is 35.0. The van der Waals surface area contributed by atoms with E-state index in [1.54, 1.807) is 18.2 Å². The maximum absolute atomic E-state index is 12.9. The number of ether oxygens (including phenoxy) is 5. The Balaban J connectivity index is 2.45. The summed E-state index contributed by atoms with van der Waals surface area (Å²) >= 11 is 0. The first-order chi connectivity index (χ1) is 14.0. The maximum Gasteiger partial charge on any atom is 0.303 e. The third-order valence-electron chi connectivity index (χ3n) is 4.22. The zero-order valence-electron chi connectivity index (χ0n) is 17.0. The van der Waals surface area contributed by atoms with Crippen molar-refractivity contribution in [2.75, 3.05) is 12.9 Å². The summed E-state index contributed by atoms with van der Waals surface area (Å²) in [5.41, 5.74) is 0. The quantitative estimate of drug-likeness (QED) is 0.436. The number of hydrogen-bond acceptors (Lipinski definition) is 10. The molecule has 1 aliphatic heterocycles. The summed E-state index contributed by atoms with van der Waals surface area (Å²) in [5.74, 6) is -2.84. The van der Waals surface area contributed by atoms with Crippen LogP contribution >= 0.6 is 0 Å². The largest absolute Gasteiger partial charge is 0.456 e. The molecule has 1 saturated heterocycles. The van der Waals surface area contributed by atoms with Crippen LogP contribution in [0.3, 0.4) is 0 Å². The Hall–Kier alpha value is -2.50. The molecular formula is C19H24O10S. The van der Waals surface area contributed by atoms with Gasteiger partial charge in [-0.15, -0.1) is 0 Å². The van der Waals surface area contributed by atoms with Crippen molar-refractivity contribution in [2.45, 2.75) is 56.4 Å². The van der Waals surface area contributed by atoms with Crippen LogP contribution in [-0.2, 0) is 47.9 Å². The summed E-state index contributed by atoms with van der Waals surface area (Å²) in [6, 6.07) is 7.62. The van der Waals surface area contributed by atoms with Crippen LogP contribution in [0.4, 0.5) is 0 Å². The monoisotopic (exact) mass is 444 g/mol. The highest BCUT2D eigenvalue weighted by Gasteiger charge is 2.53. The van der Waals surface area contributed by atoms with E-state index in [4.69, 9.17) is 23.7 Å². The highest BCUT2D eigenvalue weighted by molar-refractivity contribution is 7.91. The second-order valence-corrected chi connectivity index (χ2v) is 8.63. The fourth-order valence-electron chi connectivity index (χ4n) is 3.12. The van der Waals surface area contributed by atoms with Crippen molar-refractivity contribution >= 4 is 27.7 Å². The average Bonchev–Trinajstić information content (AvgIpc) is 2.65. The molecule has 1 aromatic rings. The van der Waals surface area contributed by atoms with Gasteiger partial charge in [0.25, 0.3) is 0 Å². The summed E-state index contributed by atoms with van der Waals surface area (Å²) in [5, 5.41) is 0. The number of carbonyl (C=O) groups is 3. The number of rotatable bonds is 7. The molecule has 1 heterocycles. The number of esters is 3. The fourth-order valence-corrected chi connectivity index (χ4v) is 4.58. The molecule has 0 bridgehead atoms. The second kappa shape index (κ2) is 10.0. The predicted octanol–water partition coefficient (Wildman–Crippen LogP) is 0.627. The maximum atomic E-state index is 12.9. The van der Waals surface area contributed by atoms with Gasteiger partial charge < -0.3 is 23.7 Å². The van der Waals surface area contributed by atoms with Gasteiger partial charge in [-0.05, 0) is 12.1 Å². The normalized spacial score (nSPS) is 26.5. The van der Waals surface area contributed by atoms with E-state index >= 15 is 0 Å². The van der Waals surface area contributed by atoms with Gasteiger partial charge >= 0.3 is 17.9 Å². The minimum atomic E-state index is -3.87. The van der Waals surface area contributed by atoms with Gasteiger partial charge in [-0.2, -0.15) is 0 Å². The third-order valence-corrected chi connectivity index (χ3v) is 5.97. The molecule has 0 amide bonds. The standard InChI is InChI=1S/C19H24O10S/c1-11(20)26-16-15(10-30(23,24)14-8-6-5-7-9-14)29-19(25-4)18(28-13(3)22)17(16)27-12(2)21/h5-9,15-19H,10H2,1-4H3/t15-,16-,17+,18-,19+/m1/s1. The summed E-state index contributed by atoms with van der Waals surface area (Å²) in [6.45, 7) is 3.35. The van der Waals surface area contributed by atoms with E-state index in [1.807, 2.05) is 0 Å². The zero-order valence-corrected chi connectivity index (χ0v) is 17.8. The lowest BCUT2D eigenvalue weighted by molar-refractivity contribution is -0.294. The lowest BCUT2D eigenvalue weighted by Gasteiger charge is -2.43. The number of hydrogen-bond donors (Lipinski definition) is 0. The molecule has 2 rings (SSSR count). The summed E-state index contributed by atoms with van der Waals surface area (Å²) in [7, 11) is -2.62. The van der Waals surface area contributed by atoms with Crippen molar-refractivity contribution in [3.63, 3.8) is 0 Å². The van der Waals surface area contributed by atoms with Crippen LogP contribution in [0.5, 0.6) is 0 Å². The fraction of sp³-hybridized carbons (Fsp3) is 0.526. The smallest absolute Gasteiger partial charge is 0.303 e. The first-order valence-electron chi connectivity index (χ1n) is 9.03. The Bertz CT molecular complexity index is 867. The predicted molar refractivity (Wildman–Crippen MR) is 101 cm³/mol. The first-order valence-corrected chi connectivity index (χ1v) is 10.7. The third kappa shape index (κ3) is 6.00. The van der Waals surface area contributed by atoms with Crippen LogP contribution in [0.2, 0.25) is 0 Å². The van der Waals surface area contributed by atoms with E-state index in [2.05, 4.69) is 0 Å². The van der Waals surface area contributed by atoms with Crippen molar-refractivity contribution in [3.8, 4) is 0 Å². The summed E-state index contributed by atoms with van der Waals surface area (Å²) < 4.78 is 52.3. The van der Waals surface area contributed by atoms with Crippen molar-refractivity contribution < 1.29 is 46.5 Å². The van der Waals surface area contributed by atoms with Crippen molar-refractivity contribution in [3.05, 3.63) is 30.3 Å². The molecule has 0 radical (unpaired) electrons. The molecule has 0 unspecified atom stereocenters. The highest BCUT2D eigenvalue weighted by Crippen LogP contribution is 2.31. The average molecular weight is 444 g/mol. The van der Waals surface area contributed by atoms with Gasteiger partial charge in [-0.3, -0.25) is 14.4 Å². The van der Waals surface area contributed by atoms with Gasteiger partial charge in [0.2, 0.25) is 0 Å². The molecular weight excluding hydrogens is 420 g/mol. The van der Waals surface area contributed by atoms with Crippen LogP contribution < -0.4 is 0 Å². The minimum absolute atomic E-state index is 0.0373. The van der Waals surface area contributed by atoms with Crippen LogP contribution in [0, 0.1) is 0 Å². The van der Waals surface area contributed by atoms with E-state index in [-0.39, 0.29) is 4.90 Å². The molecule has 5 atom stereocenters. The molecule has 0 aromatic heterocycles. The molecule has 0 N–H and O–H groups in total. The van der Waals surface area contributed by atoms with E-state index in [0.29, 0.717) is 0 Å². The first kappa shape index (κ1) is 23.8. The van der Waals surface area contributed by atoms with Crippen LogP contribution in [0.15, 0.2) is 35.2 Å². The SMILES string of the molecule is CO[C@H]1O[C@H](CS(=O)(=O)c2ccccc2)[C@@H](OC(C)=O)[C@H](OC(C)=O)[C@H]1OC(C)=O. The van der Waals surface area contributed by atoms with E-state index in [1.165, 1.54) is 19.2 Å². The van der Waals surface area contributed by atoms with E-state index < -0.39 is 64.2 Å². The van der Waals surface area contributed by atoms with Crippen molar-refractivity contribution in [1.29, 1.82) is 0 Å². The zero-order chi connectivity index (χ0) is 22.5. The Morgan fingerprint density at radius 2 is 1.37 bits per heavy atom. The van der Waals surface area contributed by atoms with Crippen LogP contribution in [-0.4, -0.2) is 69.9 Å². The number of carbonyl (C=O) groups excluding carboxylic acids is 3. The Labute approximate surface area is 174 Å². The molecule has 1 aromatic carbocycles. The number of sulfone groups is 1. The van der Waals surface area contributed by atoms with E-state index in [9.17, 15) is 22.8 Å². The van der Waals surface area contributed by atoms with Gasteiger partial charge in [-0.25, -0.2) is 8.42 Å². The summed E-state index contributed by atoms with van der Waals surface area (Å²) in [6.07, 6.45) is -6.51. The lowest BCUT2D eigenvalue weighted by atomic mass is 9.98. The molecule has 0 aliphatic carbocycles. The van der Waals surface area contributed by atoms with Crippen molar-refractivity contribution in [1.82, 2.24) is 0 Å². The molecule has 0 spiro atoms. The van der Waals surface area contributed by atoms with Gasteiger partial charge in [0.15, 0.2) is 34.4 Å². The van der Waals surface area contributed by atoms with Crippen molar-refractivity contribution in [2.24, 2.45) is 0 Å². The molecule has 11 heteroatoms. The topological polar surface area (TPSA) is 132 Å². The van der Waals surface area contributed by atoms with Gasteiger partial charge in [0, 0.05) is 27.9 Å². The molecule has 30 heavy (non-hydrogen) atoms. The molecule has 10 nitrogen and oxygen atoms in total. The van der Waals surface area contributed by atoms with Gasteiger partial charge in [0.1, 0.15) is 6.10 Å².